The first-order chi connectivity index (χ1) is 14.0. The first kappa shape index (κ1) is 18.7. The van der Waals surface area contributed by atoms with Crippen molar-refractivity contribution < 1.29 is 14.0 Å². The molecule has 2 amide bonds. The van der Waals surface area contributed by atoms with Crippen molar-refractivity contribution in [1.82, 2.24) is 4.90 Å². The second-order valence-corrected chi connectivity index (χ2v) is 9.40. The van der Waals surface area contributed by atoms with Gasteiger partial charge in [-0.3, -0.25) is 9.59 Å². The SMILES string of the molecule is Cc1ccc2c(c1)[C@@]1(SCCN1C(=O)C1CCC1)C(=O)N2Cc1ccccc1F. The summed E-state index contributed by atoms with van der Waals surface area (Å²) in [5, 5.41) is 0. The molecule has 0 aromatic heterocycles. The predicted molar refractivity (Wildman–Crippen MR) is 112 cm³/mol. The largest absolute Gasteiger partial charge is 0.315 e. The molecule has 1 saturated heterocycles. The minimum absolute atomic E-state index is 0.0345. The fourth-order valence-electron chi connectivity index (χ4n) is 4.58. The van der Waals surface area contributed by atoms with Crippen LogP contribution in [0.2, 0.25) is 0 Å². The van der Waals surface area contributed by atoms with Crippen molar-refractivity contribution in [1.29, 1.82) is 0 Å². The molecule has 5 rings (SSSR count). The Labute approximate surface area is 174 Å². The smallest absolute Gasteiger partial charge is 0.268 e. The third-order valence-corrected chi connectivity index (χ3v) is 7.78. The van der Waals surface area contributed by atoms with Crippen molar-refractivity contribution in [3.05, 3.63) is 65.0 Å². The highest BCUT2D eigenvalue weighted by atomic mass is 32.2. The molecule has 1 aliphatic carbocycles. The van der Waals surface area contributed by atoms with E-state index in [4.69, 9.17) is 0 Å². The summed E-state index contributed by atoms with van der Waals surface area (Å²) in [6.07, 6.45) is 2.89. The summed E-state index contributed by atoms with van der Waals surface area (Å²) in [4.78, 5) is 29.5. The highest BCUT2D eigenvalue weighted by Crippen LogP contribution is 2.55. The third kappa shape index (κ3) is 2.72. The molecule has 0 radical (unpaired) electrons. The van der Waals surface area contributed by atoms with Crippen LogP contribution in [-0.2, 0) is 21.0 Å². The molecule has 3 aliphatic rings. The summed E-state index contributed by atoms with van der Waals surface area (Å²) < 4.78 is 14.3. The normalized spacial score (nSPS) is 23.6. The number of anilines is 1. The lowest BCUT2D eigenvalue weighted by Gasteiger charge is -2.37. The number of amides is 2. The number of carbonyl (C=O) groups is 2. The Morgan fingerprint density at radius 1 is 1.24 bits per heavy atom. The molecule has 1 saturated carbocycles. The molecule has 0 N–H and O–H groups in total. The van der Waals surface area contributed by atoms with Crippen LogP contribution in [0.3, 0.4) is 0 Å². The van der Waals surface area contributed by atoms with Gasteiger partial charge >= 0.3 is 0 Å². The number of fused-ring (bicyclic) bond motifs is 2. The second kappa shape index (κ2) is 6.87. The monoisotopic (exact) mass is 410 g/mol. The van der Waals surface area contributed by atoms with Gasteiger partial charge in [-0.15, -0.1) is 11.8 Å². The number of halogens is 1. The van der Waals surface area contributed by atoms with Crippen LogP contribution >= 0.6 is 11.8 Å². The third-order valence-electron chi connectivity index (χ3n) is 6.36. The van der Waals surface area contributed by atoms with Gasteiger partial charge < -0.3 is 9.80 Å². The molecule has 6 heteroatoms. The van der Waals surface area contributed by atoms with Crippen molar-refractivity contribution in [3.63, 3.8) is 0 Å². The van der Waals surface area contributed by atoms with E-state index in [1.165, 1.54) is 17.8 Å². The maximum atomic E-state index is 14.3. The van der Waals surface area contributed by atoms with E-state index in [9.17, 15) is 14.0 Å². The van der Waals surface area contributed by atoms with Crippen LogP contribution in [0, 0.1) is 18.7 Å². The van der Waals surface area contributed by atoms with Gasteiger partial charge in [0.15, 0.2) is 4.87 Å². The van der Waals surface area contributed by atoms with Crippen molar-refractivity contribution in [2.24, 2.45) is 5.92 Å². The van der Waals surface area contributed by atoms with E-state index in [-0.39, 0.29) is 30.1 Å². The summed E-state index contributed by atoms with van der Waals surface area (Å²) in [5.41, 5.74) is 3.18. The molecule has 150 valence electrons. The Kier molecular flexibility index (Phi) is 4.42. The topological polar surface area (TPSA) is 40.6 Å². The number of hydrogen-bond acceptors (Lipinski definition) is 3. The Bertz CT molecular complexity index is 1010. The second-order valence-electron chi connectivity index (χ2n) is 8.11. The van der Waals surface area contributed by atoms with E-state index in [1.54, 1.807) is 23.1 Å². The van der Waals surface area contributed by atoms with E-state index < -0.39 is 4.87 Å². The van der Waals surface area contributed by atoms with Crippen LogP contribution in [0.25, 0.3) is 0 Å². The lowest BCUT2D eigenvalue weighted by molar-refractivity contribution is -0.145. The number of rotatable bonds is 3. The van der Waals surface area contributed by atoms with Crippen molar-refractivity contribution in [2.75, 3.05) is 17.2 Å². The molecule has 0 unspecified atom stereocenters. The van der Waals surface area contributed by atoms with Crippen molar-refractivity contribution >= 4 is 29.3 Å². The maximum absolute atomic E-state index is 14.3. The summed E-state index contributed by atoms with van der Waals surface area (Å²) in [7, 11) is 0. The zero-order chi connectivity index (χ0) is 20.2. The quantitative estimate of drug-likeness (QED) is 0.761. The number of benzene rings is 2. The number of nitrogens with zero attached hydrogens (tertiary/aromatic N) is 2. The van der Waals surface area contributed by atoms with Gasteiger partial charge in [-0.25, -0.2) is 4.39 Å². The van der Waals surface area contributed by atoms with Gasteiger partial charge in [-0.1, -0.05) is 42.3 Å². The summed E-state index contributed by atoms with van der Waals surface area (Å²) in [6.45, 7) is 2.73. The van der Waals surface area contributed by atoms with E-state index >= 15 is 0 Å². The van der Waals surface area contributed by atoms with E-state index in [0.717, 1.165) is 41.8 Å². The van der Waals surface area contributed by atoms with Gasteiger partial charge in [0.25, 0.3) is 5.91 Å². The molecule has 1 atom stereocenters. The number of thioether (sulfide) groups is 1. The summed E-state index contributed by atoms with van der Waals surface area (Å²) in [5.74, 6) is 0.403. The van der Waals surface area contributed by atoms with Crippen LogP contribution < -0.4 is 4.90 Å². The molecule has 4 nitrogen and oxygen atoms in total. The lowest BCUT2D eigenvalue weighted by Crippen LogP contribution is -2.52. The van der Waals surface area contributed by atoms with E-state index in [2.05, 4.69) is 0 Å². The Morgan fingerprint density at radius 2 is 2.03 bits per heavy atom. The minimum atomic E-state index is -1.01. The first-order valence-corrected chi connectivity index (χ1v) is 11.1. The fraction of sp³-hybridized carbons (Fsp3) is 0.391. The predicted octanol–water partition coefficient (Wildman–Crippen LogP) is 4.21. The van der Waals surface area contributed by atoms with Crippen LogP contribution in [0.15, 0.2) is 42.5 Å². The first-order valence-electron chi connectivity index (χ1n) is 10.1. The zero-order valence-corrected chi connectivity index (χ0v) is 17.2. The molecule has 2 aromatic carbocycles. The number of hydrogen-bond donors (Lipinski definition) is 0. The van der Waals surface area contributed by atoms with Crippen molar-refractivity contribution in [3.8, 4) is 0 Å². The average Bonchev–Trinajstić information content (AvgIpc) is 3.19. The molecule has 2 aliphatic heterocycles. The van der Waals surface area contributed by atoms with E-state index in [0.29, 0.717) is 12.1 Å². The number of carbonyl (C=O) groups excluding carboxylic acids is 2. The molecule has 1 spiro atoms. The average molecular weight is 411 g/mol. The summed E-state index contributed by atoms with van der Waals surface area (Å²) in [6, 6.07) is 12.5. The highest BCUT2D eigenvalue weighted by Gasteiger charge is 2.60. The van der Waals surface area contributed by atoms with Gasteiger partial charge in [0.1, 0.15) is 5.82 Å². The minimum Gasteiger partial charge on any atom is -0.315 e. The van der Waals surface area contributed by atoms with Crippen LogP contribution in [0.4, 0.5) is 10.1 Å². The zero-order valence-electron chi connectivity index (χ0n) is 16.4. The van der Waals surface area contributed by atoms with Gasteiger partial charge in [0.05, 0.1) is 12.2 Å². The molecule has 0 bridgehead atoms. The van der Waals surface area contributed by atoms with Gasteiger partial charge in [0, 0.05) is 29.3 Å². The van der Waals surface area contributed by atoms with E-state index in [1.807, 2.05) is 30.0 Å². The lowest BCUT2D eigenvalue weighted by atomic mass is 9.84. The molecule has 29 heavy (non-hydrogen) atoms. The molecule has 2 aromatic rings. The summed E-state index contributed by atoms with van der Waals surface area (Å²) >= 11 is 1.54. The van der Waals surface area contributed by atoms with Crippen molar-refractivity contribution in [2.45, 2.75) is 37.6 Å². The highest BCUT2D eigenvalue weighted by molar-refractivity contribution is 8.01. The fourth-order valence-corrected chi connectivity index (χ4v) is 6.04. The Morgan fingerprint density at radius 3 is 2.76 bits per heavy atom. The Balaban J connectivity index is 1.60. The molecule has 2 fully saturated rings. The molecular formula is C23H23FN2O2S. The van der Waals surface area contributed by atoms with Gasteiger partial charge in [-0.2, -0.15) is 0 Å². The van der Waals surface area contributed by atoms with Crippen LogP contribution in [0.5, 0.6) is 0 Å². The molecular weight excluding hydrogens is 387 g/mol. The standard InChI is InChI=1S/C23H23FN2O2S/c1-15-9-10-20-18(13-15)23(26(11-12-29-23)21(27)16-6-4-7-16)22(28)25(20)14-17-5-2-3-8-19(17)24/h2-3,5,8-10,13,16H,4,6-7,11-12,14H2,1H3/t23-/m1/s1. The molecule has 2 heterocycles. The number of aryl methyl sites for hydroxylation is 1. The van der Waals surface area contributed by atoms with Gasteiger partial charge in [-0.05, 0) is 31.9 Å². The van der Waals surface area contributed by atoms with Crippen LogP contribution in [-0.4, -0.2) is 29.0 Å². The van der Waals surface area contributed by atoms with Crippen LogP contribution in [0.1, 0.15) is 36.0 Å². The van der Waals surface area contributed by atoms with Gasteiger partial charge in [0.2, 0.25) is 5.91 Å². The maximum Gasteiger partial charge on any atom is 0.268 e. The Hall–Kier alpha value is -2.34.